The van der Waals surface area contributed by atoms with Crippen molar-refractivity contribution in [2.24, 2.45) is 10.7 Å². The summed E-state index contributed by atoms with van der Waals surface area (Å²) in [7, 11) is 1.68. The van der Waals surface area contributed by atoms with Gasteiger partial charge in [-0.2, -0.15) is 0 Å². The van der Waals surface area contributed by atoms with Crippen molar-refractivity contribution >= 4 is 5.96 Å². The largest absolute Gasteiger partial charge is 0.383 e. The molecule has 0 spiro atoms. The minimum atomic E-state index is 0.0536. The molecule has 0 bridgehead atoms. The molecule has 0 aromatic heterocycles. The first kappa shape index (κ1) is 17.5. The van der Waals surface area contributed by atoms with Gasteiger partial charge in [-0.1, -0.05) is 44.2 Å². The van der Waals surface area contributed by atoms with E-state index in [4.69, 9.17) is 10.5 Å². The molecule has 0 radical (unpaired) electrons. The van der Waals surface area contributed by atoms with Crippen LogP contribution in [0.3, 0.4) is 0 Å². The molecule has 1 unspecified atom stereocenters. The van der Waals surface area contributed by atoms with Gasteiger partial charge in [0, 0.05) is 18.6 Å². The lowest BCUT2D eigenvalue weighted by atomic mass is 9.76. The molecule has 3 N–H and O–H groups in total. The number of methoxy groups -OCH3 is 1. The number of rotatable bonds is 8. The highest BCUT2D eigenvalue weighted by Gasteiger charge is 2.28. The second kappa shape index (κ2) is 8.67. The maximum absolute atomic E-state index is 5.98. The number of nitrogens with two attached hydrogens (primary N) is 1. The van der Waals surface area contributed by atoms with Crippen LogP contribution in [0.5, 0.6) is 0 Å². The van der Waals surface area contributed by atoms with Gasteiger partial charge in [-0.05, 0) is 25.3 Å². The fourth-order valence-corrected chi connectivity index (χ4v) is 2.59. The molecule has 0 aliphatic rings. The van der Waals surface area contributed by atoms with Crippen LogP contribution in [-0.2, 0) is 10.2 Å². The number of guanidine groups is 1. The van der Waals surface area contributed by atoms with E-state index >= 15 is 0 Å². The second-order valence-electron chi connectivity index (χ2n) is 5.56. The zero-order chi connectivity index (χ0) is 15.7. The number of nitrogens with one attached hydrogen (secondary N) is 1. The summed E-state index contributed by atoms with van der Waals surface area (Å²) in [5.41, 5.74) is 7.37. The van der Waals surface area contributed by atoms with Crippen LogP contribution < -0.4 is 11.1 Å². The third-order valence-corrected chi connectivity index (χ3v) is 4.10. The van der Waals surface area contributed by atoms with Gasteiger partial charge in [-0.15, -0.1) is 0 Å². The van der Waals surface area contributed by atoms with Gasteiger partial charge in [-0.3, -0.25) is 4.99 Å². The first-order valence-electron chi connectivity index (χ1n) is 7.69. The summed E-state index contributed by atoms with van der Waals surface area (Å²) >= 11 is 0. The fraction of sp³-hybridized carbons (Fsp3) is 0.588. The van der Waals surface area contributed by atoms with Gasteiger partial charge in [0.1, 0.15) is 0 Å². The first-order valence-corrected chi connectivity index (χ1v) is 7.69. The lowest BCUT2D eigenvalue weighted by Crippen LogP contribution is -2.41. The zero-order valence-electron chi connectivity index (χ0n) is 13.7. The fourth-order valence-electron chi connectivity index (χ4n) is 2.59. The molecule has 21 heavy (non-hydrogen) atoms. The minimum Gasteiger partial charge on any atom is -0.383 e. The molecular formula is C17H29N3O. The second-order valence-corrected chi connectivity index (χ2v) is 5.56. The summed E-state index contributed by atoms with van der Waals surface area (Å²) < 4.78 is 5.09. The Morgan fingerprint density at radius 3 is 2.43 bits per heavy atom. The van der Waals surface area contributed by atoms with Crippen LogP contribution in [0.25, 0.3) is 0 Å². The van der Waals surface area contributed by atoms with E-state index in [1.807, 2.05) is 13.0 Å². The van der Waals surface area contributed by atoms with E-state index in [-0.39, 0.29) is 11.5 Å². The number of aliphatic imine (C=N–C) groups is 1. The van der Waals surface area contributed by atoms with E-state index in [0.717, 1.165) is 12.8 Å². The molecule has 1 rings (SSSR count). The lowest BCUT2D eigenvalue weighted by Gasteiger charge is -2.31. The SMILES string of the molecule is CCC(CC)(CN=C(N)NC(C)COC)c1ccccc1. The third kappa shape index (κ3) is 5.05. The van der Waals surface area contributed by atoms with Crippen LogP contribution in [-0.4, -0.2) is 32.3 Å². The van der Waals surface area contributed by atoms with E-state index in [2.05, 4.69) is 48.4 Å². The van der Waals surface area contributed by atoms with E-state index < -0.39 is 0 Å². The Balaban J connectivity index is 2.79. The maximum Gasteiger partial charge on any atom is 0.188 e. The monoisotopic (exact) mass is 291 g/mol. The summed E-state index contributed by atoms with van der Waals surface area (Å²) in [5.74, 6) is 0.488. The molecule has 0 aliphatic heterocycles. The van der Waals surface area contributed by atoms with Crippen molar-refractivity contribution < 1.29 is 4.74 Å². The number of nitrogens with zero attached hydrogens (tertiary/aromatic N) is 1. The van der Waals surface area contributed by atoms with Crippen LogP contribution in [0.2, 0.25) is 0 Å². The molecule has 1 aromatic carbocycles. The van der Waals surface area contributed by atoms with Crippen molar-refractivity contribution in [3.8, 4) is 0 Å². The first-order chi connectivity index (χ1) is 10.1. The zero-order valence-corrected chi connectivity index (χ0v) is 13.7. The Morgan fingerprint density at radius 2 is 1.90 bits per heavy atom. The molecule has 0 aliphatic carbocycles. The van der Waals surface area contributed by atoms with Gasteiger partial charge >= 0.3 is 0 Å². The molecule has 4 nitrogen and oxygen atoms in total. The Labute approximate surface area is 128 Å². The topological polar surface area (TPSA) is 59.6 Å². The summed E-state index contributed by atoms with van der Waals surface area (Å²) in [6.07, 6.45) is 2.08. The number of hydrogen-bond donors (Lipinski definition) is 2. The number of hydrogen-bond acceptors (Lipinski definition) is 2. The summed E-state index contributed by atoms with van der Waals surface area (Å²) in [5, 5.41) is 3.16. The van der Waals surface area contributed by atoms with Gasteiger partial charge in [0.15, 0.2) is 5.96 Å². The van der Waals surface area contributed by atoms with E-state index in [1.165, 1.54) is 5.56 Å². The maximum atomic E-state index is 5.98. The predicted molar refractivity (Wildman–Crippen MR) is 89.7 cm³/mol. The molecule has 4 heteroatoms. The molecule has 1 atom stereocenters. The highest BCUT2D eigenvalue weighted by molar-refractivity contribution is 5.78. The van der Waals surface area contributed by atoms with Crippen molar-refractivity contribution in [3.63, 3.8) is 0 Å². The van der Waals surface area contributed by atoms with E-state index in [0.29, 0.717) is 19.1 Å². The quantitative estimate of drug-likeness (QED) is 0.572. The Bertz CT molecular complexity index is 427. The van der Waals surface area contributed by atoms with Crippen molar-refractivity contribution in [2.45, 2.75) is 45.1 Å². The third-order valence-electron chi connectivity index (χ3n) is 4.10. The average molecular weight is 291 g/mol. The van der Waals surface area contributed by atoms with Gasteiger partial charge in [0.2, 0.25) is 0 Å². The lowest BCUT2D eigenvalue weighted by molar-refractivity contribution is 0.179. The normalized spacial score (nSPS) is 14.0. The molecule has 0 saturated heterocycles. The highest BCUT2D eigenvalue weighted by Crippen LogP contribution is 2.31. The van der Waals surface area contributed by atoms with Crippen LogP contribution in [0, 0.1) is 0 Å². The average Bonchev–Trinajstić information content (AvgIpc) is 2.50. The van der Waals surface area contributed by atoms with Crippen molar-refractivity contribution in [1.82, 2.24) is 5.32 Å². The van der Waals surface area contributed by atoms with Crippen molar-refractivity contribution in [3.05, 3.63) is 35.9 Å². The van der Waals surface area contributed by atoms with Crippen LogP contribution in [0.4, 0.5) is 0 Å². The van der Waals surface area contributed by atoms with Gasteiger partial charge in [0.25, 0.3) is 0 Å². The minimum absolute atomic E-state index is 0.0536. The summed E-state index contributed by atoms with van der Waals surface area (Å²) in [6, 6.07) is 10.7. The standard InChI is InChI=1S/C17H29N3O/c1-5-17(6-2,15-10-8-7-9-11-15)13-19-16(18)20-14(3)12-21-4/h7-11,14H,5-6,12-13H2,1-4H3,(H3,18,19,20). The van der Waals surface area contributed by atoms with Gasteiger partial charge < -0.3 is 15.8 Å². The van der Waals surface area contributed by atoms with Crippen molar-refractivity contribution in [2.75, 3.05) is 20.3 Å². The molecule has 1 aromatic rings. The Morgan fingerprint density at radius 1 is 1.29 bits per heavy atom. The van der Waals surface area contributed by atoms with Crippen LogP contribution in [0.1, 0.15) is 39.2 Å². The molecular weight excluding hydrogens is 262 g/mol. The van der Waals surface area contributed by atoms with Gasteiger partial charge in [0.05, 0.1) is 13.2 Å². The Hall–Kier alpha value is -1.55. The van der Waals surface area contributed by atoms with Crippen molar-refractivity contribution in [1.29, 1.82) is 0 Å². The number of benzene rings is 1. The van der Waals surface area contributed by atoms with E-state index in [9.17, 15) is 0 Å². The van der Waals surface area contributed by atoms with Gasteiger partial charge in [-0.25, -0.2) is 0 Å². The van der Waals surface area contributed by atoms with Crippen LogP contribution in [0.15, 0.2) is 35.3 Å². The molecule has 0 fully saturated rings. The molecule has 118 valence electrons. The molecule has 0 heterocycles. The number of ether oxygens (including phenoxy) is 1. The van der Waals surface area contributed by atoms with Crippen LogP contribution >= 0.6 is 0 Å². The predicted octanol–water partition coefficient (Wildman–Crippen LogP) is 2.68. The van der Waals surface area contributed by atoms with E-state index in [1.54, 1.807) is 7.11 Å². The summed E-state index contributed by atoms with van der Waals surface area (Å²) in [6.45, 7) is 7.76. The highest BCUT2D eigenvalue weighted by atomic mass is 16.5. The summed E-state index contributed by atoms with van der Waals surface area (Å²) in [4.78, 5) is 4.56. The smallest absolute Gasteiger partial charge is 0.188 e. The Kier molecular flexibility index (Phi) is 7.23. The molecule has 0 amide bonds. The molecule has 0 saturated carbocycles.